The molecule has 1 fully saturated rings. The van der Waals surface area contributed by atoms with Gasteiger partial charge in [-0.05, 0) is 30.9 Å². The number of benzene rings is 1. The number of amides is 2. The van der Waals surface area contributed by atoms with Crippen LogP contribution in [0.3, 0.4) is 0 Å². The summed E-state index contributed by atoms with van der Waals surface area (Å²) in [5.74, 6) is 0.0580. The minimum atomic E-state index is -0.222. The number of carbonyl (C=O) groups is 2. The number of anilines is 1. The zero-order chi connectivity index (χ0) is 12.7. The monoisotopic (exact) mass is 244 g/mol. The number of nitrogens with two attached hydrogens (primary N) is 1. The van der Waals surface area contributed by atoms with Gasteiger partial charge in [0.15, 0.2) is 0 Å². The third-order valence-corrected chi connectivity index (χ3v) is 3.95. The van der Waals surface area contributed by atoms with Gasteiger partial charge in [-0.2, -0.15) is 0 Å². The minimum absolute atomic E-state index is 0.186. The van der Waals surface area contributed by atoms with Crippen molar-refractivity contribution in [3.05, 3.63) is 29.3 Å². The van der Waals surface area contributed by atoms with E-state index in [-0.39, 0.29) is 11.8 Å². The van der Waals surface area contributed by atoms with Gasteiger partial charge in [0, 0.05) is 12.2 Å². The molecule has 0 unspecified atom stereocenters. The molecule has 4 heteroatoms. The molecule has 0 spiro atoms. The summed E-state index contributed by atoms with van der Waals surface area (Å²) in [7, 11) is 0. The van der Waals surface area contributed by atoms with Crippen LogP contribution in [0.25, 0.3) is 0 Å². The molecule has 18 heavy (non-hydrogen) atoms. The van der Waals surface area contributed by atoms with E-state index in [1.807, 2.05) is 0 Å². The van der Waals surface area contributed by atoms with Gasteiger partial charge in [-0.1, -0.05) is 18.9 Å². The molecule has 94 valence electrons. The summed E-state index contributed by atoms with van der Waals surface area (Å²) >= 11 is 0. The van der Waals surface area contributed by atoms with Crippen molar-refractivity contribution in [3.63, 3.8) is 0 Å². The number of nitrogens with zero attached hydrogens (tertiary/aromatic N) is 1. The first-order valence-corrected chi connectivity index (χ1v) is 6.43. The number of fused-ring (bicyclic) bond motifs is 1. The summed E-state index contributed by atoms with van der Waals surface area (Å²) in [4.78, 5) is 25.8. The summed E-state index contributed by atoms with van der Waals surface area (Å²) in [5.41, 5.74) is 7.04. The van der Waals surface area contributed by atoms with Crippen LogP contribution >= 0.6 is 0 Å². The largest absolute Gasteiger partial charge is 0.398 e. The van der Waals surface area contributed by atoms with E-state index < -0.39 is 0 Å². The zero-order valence-corrected chi connectivity index (χ0v) is 10.2. The van der Waals surface area contributed by atoms with E-state index in [4.69, 9.17) is 5.73 Å². The van der Waals surface area contributed by atoms with Crippen molar-refractivity contribution in [2.75, 3.05) is 12.3 Å². The Balaban J connectivity index is 1.89. The van der Waals surface area contributed by atoms with Crippen molar-refractivity contribution in [1.82, 2.24) is 4.90 Å². The van der Waals surface area contributed by atoms with E-state index in [2.05, 4.69) is 0 Å². The lowest BCUT2D eigenvalue weighted by molar-refractivity contribution is 0.0630. The second kappa shape index (κ2) is 4.12. The standard InChI is InChI=1S/C14H16N2O2/c15-11-7-3-6-10-12(11)14(18)16(13(10)17)8-9-4-1-2-5-9/h3,6-7,9H,1-2,4-5,8,15H2. The Morgan fingerprint density at radius 2 is 1.89 bits per heavy atom. The van der Waals surface area contributed by atoms with Gasteiger partial charge in [0.25, 0.3) is 11.8 Å². The number of nitrogen functional groups attached to an aromatic ring is 1. The predicted octanol–water partition coefficient (Wildman–Crippen LogP) is 2.06. The van der Waals surface area contributed by atoms with Gasteiger partial charge in [-0.15, -0.1) is 0 Å². The highest BCUT2D eigenvalue weighted by atomic mass is 16.2. The molecule has 0 saturated heterocycles. The Hall–Kier alpha value is -1.84. The SMILES string of the molecule is Nc1cccc2c1C(=O)N(CC1CCCC1)C2=O. The molecule has 1 saturated carbocycles. The fraction of sp³-hybridized carbons (Fsp3) is 0.429. The lowest BCUT2D eigenvalue weighted by atomic mass is 10.1. The maximum absolute atomic E-state index is 12.2. The first kappa shape index (κ1) is 11.3. The molecular formula is C14H16N2O2. The van der Waals surface area contributed by atoms with Gasteiger partial charge in [0.1, 0.15) is 0 Å². The van der Waals surface area contributed by atoms with Crippen LogP contribution < -0.4 is 5.73 Å². The lowest BCUT2D eigenvalue weighted by Crippen LogP contribution is -2.34. The molecule has 1 aliphatic carbocycles. The molecule has 1 heterocycles. The van der Waals surface area contributed by atoms with Gasteiger partial charge in [0.2, 0.25) is 0 Å². The molecule has 1 aromatic rings. The van der Waals surface area contributed by atoms with Crippen molar-refractivity contribution >= 4 is 17.5 Å². The van der Waals surface area contributed by atoms with E-state index in [0.29, 0.717) is 29.3 Å². The van der Waals surface area contributed by atoms with Crippen LogP contribution in [0.1, 0.15) is 46.4 Å². The third kappa shape index (κ3) is 1.60. The Morgan fingerprint density at radius 3 is 2.56 bits per heavy atom. The molecule has 0 atom stereocenters. The number of rotatable bonds is 2. The van der Waals surface area contributed by atoms with Crippen LogP contribution in [0.5, 0.6) is 0 Å². The average molecular weight is 244 g/mol. The molecule has 4 nitrogen and oxygen atoms in total. The van der Waals surface area contributed by atoms with Crippen LogP contribution in [0, 0.1) is 5.92 Å². The number of imide groups is 1. The Morgan fingerprint density at radius 1 is 1.17 bits per heavy atom. The summed E-state index contributed by atoms with van der Waals surface area (Å²) in [6.45, 7) is 0.547. The van der Waals surface area contributed by atoms with E-state index in [1.165, 1.54) is 17.7 Å². The molecule has 0 bridgehead atoms. The summed E-state index contributed by atoms with van der Waals surface area (Å²) in [6.07, 6.45) is 4.64. The highest BCUT2D eigenvalue weighted by molar-refractivity contribution is 6.23. The van der Waals surface area contributed by atoms with E-state index in [0.717, 1.165) is 12.8 Å². The van der Waals surface area contributed by atoms with Crippen molar-refractivity contribution < 1.29 is 9.59 Å². The second-order valence-electron chi connectivity index (χ2n) is 5.14. The molecule has 0 radical (unpaired) electrons. The summed E-state index contributed by atoms with van der Waals surface area (Å²) in [6, 6.07) is 5.07. The van der Waals surface area contributed by atoms with Crippen LogP contribution in [-0.2, 0) is 0 Å². The third-order valence-electron chi connectivity index (χ3n) is 3.95. The second-order valence-corrected chi connectivity index (χ2v) is 5.14. The molecule has 1 aromatic carbocycles. The normalized spacial score (nSPS) is 19.7. The van der Waals surface area contributed by atoms with Crippen molar-refractivity contribution in [2.24, 2.45) is 5.92 Å². The van der Waals surface area contributed by atoms with Crippen molar-refractivity contribution in [2.45, 2.75) is 25.7 Å². The fourth-order valence-electron chi connectivity index (χ4n) is 2.98. The van der Waals surface area contributed by atoms with Gasteiger partial charge < -0.3 is 5.73 Å². The average Bonchev–Trinajstić information content (AvgIpc) is 2.94. The fourth-order valence-corrected chi connectivity index (χ4v) is 2.98. The van der Waals surface area contributed by atoms with E-state index in [9.17, 15) is 9.59 Å². The first-order valence-electron chi connectivity index (χ1n) is 6.43. The zero-order valence-electron chi connectivity index (χ0n) is 10.2. The van der Waals surface area contributed by atoms with E-state index in [1.54, 1.807) is 18.2 Å². The molecule has 3 rings (SSSR count). The van der Waals surface area contributed by atoms with E-state index >= 15 is 0 Å². The molecule has 2 N–H and O–H groups in total. The molecular weight excluding hydrogens is 228 g/mol. The summed E-state index contributed by atoms with van der Waals surface area (Å²) < 4.78 is 0. The van der Waals surface area contributed by atoms with Crippen molar-refractivity contribution in [3.8, 4) is 0 Å². The van der Waals surface area contributed by atoms with Gasteiger partial charge in [-0.25, -0.2) is 0 Å². The maximum Gasteiger partial charge on any atom is 0.263 e. The minimum Gasteiger partial charge on any atom is -0.398 e. The first-order chi connectivity index (χ1) is 8.68. The number of carbonyl (C=O) groups excluding carboxylic acids is 2. The summed E-state index contributed by atoms with van der Waals surface area (Å²) in [5, 5.41) is 0. The highest BCUT2D eigenvalue weighted by Crippen LogP contribution is 2.31. The molecule has 2 amide bonds. The molecule has 0 aromatic heterocycles. The number of hydrogen-bond acceptors (Lipinski definition) is 3. The Bertz CT molecular complexity index is 519. The van der Waals surface area contributed by atoms with Gasteiger partial charge in [0.05, 0.1) is 11.1 Å². The topological polar surface area (TPSA) is 63.4 Å². The van der Waals surface area contributed by atoms with Gasteiger partial charge in [-0.3, -0.25) is 14.5 Å². The van der Waals surface area contributed by atoms with Crippen LogP contribution in [0.4, 0.5) is 5.69 Å². The van der Waals surface area contributed by atoms with Crippen LogP contribution in [0.2, 0.25) is 0 Å². The maximum atomic E-state index is 12.2. The Kier molecular flexibility index (Phi) is 2.58. The van der Waals surface area contributed by atoms with Gasteiger partial charge >= 0.3 is 0 Å². The van der Waals surface area contributed by atoms with Crippen LogP contribution in [-0.4, -0.2) is 23.3 Å². The predicted molar refractivity (Wildman–Crippen MR) is 68.2 cm³/mol. The smallest absolute Gasteiger partial charge is 0.263 e. The van der Waals surface area contributed by atoms with Crippen LogP contribution in [0.15, 0.2) is 18.2 Å². The quantitative estimate of drug-likeness (QED) is 0.639. The van der Waals surface area contributed by atoms with Crippen molar-refractivity contribution in [1.29, 1.82) is 0 Å². The Labute approximate surface area is 106 Å². The molecule has 1 aliphatic heterocycles. The number of hydrogen-bond donors (Lipinski definition) is 1. The highest BCUT2D eigenvalue weighted by Gasteiger charge is 2.38. The lowest BCUT2D eigenvalue weighted by Gasteiger charge is -2.18. The molecule has 2 aliphatic rings.